The second-order valence-corrected chi connectivity index (χ2v) is 6.71. The molecule has 1 aliphatic heterocycles. The molecule has 5 heteroatoms. The summed E-state index contributed by atoms with van der Waals surface area (Å²) in [6, 6.07) is 10.9. The molecule has 4 nitrogen and oxygen atoms in total. The molecule has 0 bridgehead atoms. The lowest BCUT2D eigenvalue weighted by Gasteiger charge is -2.33. The number of nitrogens with zero attached hydrogens (tertiary/aromatic N) is 4. The Morgan fingerprint density at radius 1 is 1.04 bits per heavy atom. The van der Waals surface area contributed by atoms with E-state index in [1.54, 1.807) is 30.7 Å². The van der Waals surface area contributed by atoms with Gasteiger partial charge in [-0.3, -0.25) is 19.9 Å². The Hall–Kier alpha value is -2.66. The van der Waals surface area contributed by atoms with Crippen molar-refractivity contribution in [1.82, 2.24) is 19.9 Å². The van der Waals surface area contributed by atoms with Gasteiger partial charge in [0.2, 0.25) is 0 Å². The van der Waals surface area contributed by atoms with Crippen LogP contribution >= 0.6 is 0 Å². The Morgan fingerprint density at radius 2 is 1.92 bits per heavy atom. The molecule has 0 spiro atoms. The van der Waals surface area contributed by atoms with Gasteiger partial charge in [0.25, 0.3) is 0 Å². The Labute approximate surface area is 152 Å². The average molecular weight is 348 g/mol. The fourth-order valence-corrected chi connectivity index (χ4v) is 3.68. The predicted molar refractivity (Wildman–Crippen MR) is 98.9 cm³/mol. The van der Waals surface area contributed by atoms with Crippen LogP contribution in [0.15, 0.2) is 61.2 Å². The van der Waals surface area contributed by atoms with Crippen molar-refractivity contribution in [1.29, 1.82) is 0 Å². The number of likely N-dealkylation sites (tertiary alicyclic amines) is 1. The van der Waals surface area contributed by atoms with Gasteiger partial charge in [0.05, 0.1) is 11.4 Å². The Bertz CT molecular complexity index is 869. The third-order valence-corrected chi connectivity index (χ3v) is 4.88. The van der Waals surface area contributed by atoms with Gasteiger partial charge in [-0.2, -0.15) is 0 Å². The second kappa shape index (κ2) is 7.70. The quantitative estimate of drug-likeness (QED) is 0.713. The van der Waals surface area contributed by atoms with Gasteiger partial charge in [0, 0.05) is 49.4 Å². The molecule has 1 saturated heterocycles. The van der Waals surface area contributed by atoms with Gasteiger partial charge in [-0.05, 0) is 43.1 Å². The van der Waals surface area contributed by atoms with E-state index >= 15 is 0 Å². The van der Waals surface area contributed by atoms with Crippen LogP contribution in [-0.4, -0.2) is 32.9 Å². The van der Waals surface area contributed by atoms with E-state index < -0.39 is 0 Å². The smallest absolute Gasteiger partial charge is 0.132 e. The number of rotatable bonds is 4. The van der Waals surface area contributed by atoms with Crippen LogP contribution in [0.4, 0.5) is 4.39 Å². The normalized spacial score (nSPS) is 18.0. The van der Waals surface area contributed by atoms with Crippen LogP contribution in [0.5, 0.6) is 0 Å². The summed E-state index contributed by atoms with van der Waals surface area (Å²) in [6.45, 7) is 2.83. The monoisotopic (exact) mass is 348 g/mol. The molecule has 1 aliphatic rings. The van der Waals surface area contributed by atoms with E-state index in [4.69, 9.17) is 0 Å². The molecule has 3 aromatic rings. The first-order valence-electron chi connectivity index (χ1n) is 8.98. The maximum absolute atomic E-state index is 14.3. The van der Waals surface area contributed by atoms with Crippen LogP contribution in [0.2, 0.25) is 0 Å². The number of halogens is 1. The molecule has 4 rings (SSSR count). The zero-order valence-corrected chi connectivity index (χ0v) is 14.6. The molecule has 0 unspecified atom stereocenters. The van der Waals surface area contributed by atoms with Crippen molar-refractivity contribution in [3.8, 4) is 11.3 Å². The maximum Gasteiger partial charge on any atom is 0.132 e. The van der Waals surface area contributed by atoms with Crippen molar-refractivity contribution in [2.45, 2.75) is 25.3 Å². The molecule has 3 heterocycles. The molecule has 1 fully saturated rings. The highest BCUT2D eigenvalue weighted by atomic mass is 19.1. The summed E-state index contributed by atoms with van der Waals surface area (Å²) in [5, 5.41) is 0. The van der Waals surface area contributed by atoms with E-state index in [-0.39, 0.29) is 11.7 Å². The first kappa shape index (κ1) is 16.8. The number of aromatic nitrogens is 3. The lowest BCUT2D eigenvalue weighted by molar-refractivity contribution is 0.198. The lowest BCUT2D eigenvalue weighted by atomic mass is 9.91. The van der Waals surface area contributed by atoms with Gasteiger partial charge < -0.3 is 0 Å². The Kier molecular flexibility index (Phi) is 4.97. The molecular formula is C21H21FN4. The molecule has 1 aromatic carbocycles. The van der Waals surface area contributed by atoms with Gasteiger partial charge in [-0.1, -0.05) is 18.2 Å². The molecule has 1 atom stereocenters. The van der Waals surface area contributed by atoms with Crippen LogP contribution in [-0.2, 0) is 6.54 Å². The highest BCUT2D eigenvalue weighted by Gasteiger charge is 2.26. The maximum atomic E-state index is 14.3. The molecule has 26 heavy (non-hydrogen) atoms. The van der Waals surface area contributed by atoms with Crippen LogP contribution < -0.4 is 0 Å². The molecular weight excluding hydrogens is 327 g/mol. The van der Waals surface area contributed by atoms with Gasteiger partial charge in [-0.25, -0.2) is 4.39 Å². The SMILES string of the molecule is Fc1ccccc1-c1nccnc1[C@H]1CCCN(Cc2cccnc2)C1. The van der Waals surface area contributed by atoms with Gasteiger partial charge >= 0.3 is 0 Å². The van der Waals surface area contributed by atoms with Crippen LogP contribution in [0.1, 0.15) is 30.0 Å². The molecule has 0 saturated carbocycles. The molecule has 0 radical (unpaired) electrons. The number of hydrogen-bond acceptors (Lipinski definition) is 4. The van der Waals surface area contributed by atoms with E-state index in [9.17, 15) is 4.39 Å². The van der Waals surface area contributed by atoms with E-state index in [2.05, 4.69) is 25.9 Å². The third-order valence-electron chi connectivity index (χ3n) is 4.88. The lowest BCUT2D eigenvalue weighted by Crippen LogP contribution is -2.34. The Balaban J connectivity index is 1.59. The summed E-state index contributed by atoms with van der Waals surface area (Å²) < 4.78 is 14.3. The zero-order valence-electron chi connectivity index (χ0n) is 14.6. The fraction of sp³-hybridized carbons (Fsp3) is 0.286. The molecule has 132 valence electrons. The van der Waals surface area contributed by atoms with Crippen LogP contribution in [0.3, 0.4) is 0 Å². The molecule has 0 aliphatic carbocycles. The highest BCUT2D eigenvalue weighted by molar-refractivity contribution is 5.62. The second-order valence-electron chi connectivity index (χ2n) is 6.71. The van der Waals surface area contributed by atoms with E-state index in [1.165, 1.54) is 11.6 Å². The Morgan fingerprint density at radius 3 is 2.77 bits per heavy atom. The summed E-state index contributed by atoms with van der Waals surface area (Å²) in [5.74, 6) is 0.000929. The minimum Gasteiger partial charge on any atom is -0.298 e. The molecule has 2 aromatic heterocycles. The largest absolute Gasteiger partial charge is 0.298 e. The van der Waals surface area contributed by atoms with Crippen molar-refractivity contribution in [2.75, 3.05) is 13.1 Å². The first-order chi connectivity index (χ1) is 12.8. The van der Waals surface area contributed by atoms with E-state index in [0.29, 0.717) is 11.3 Å². The van der Waals surface area contributed by atoms with Gasteiger partial charge in [-0.15, -0.1) is 0 Å². The molecule has 0 amide bonds. The summed E-state index contributed by atoms with van der Waals surface area (Å²) in [7, 11) is 0. The zero-order chi connectivity index (χ0) is 17.8. The highest BCUT2D eigenvalue weighted by Crippen LogP contribution is 2.33. The van der Waals surface area contributed by atoms with E-state index in [0.717, 1.165) is 38.2 Å². The number of piperidine rings is 1. The van der Waals surface area contributed by atoms with E-state index in [1.807, 2.05) is 18.3 Å². The third kappa shape index (κ3) is 3.63. The summed E-state index contributed by atoms with van der Waals surface area (Å²) in [5.41, 5.74) is 3.30. The van der Waals surface area contributed by atoms with Crippen molar-refractivity contribution < 1.29 is 4.39 Å². The van der Waals surface area contributed by atoms with Crippen molar-refractivity contribution >= 4 is 0 Å². The predicted octanol–water partition coefficient (Wildman–Crippen LogP) is 4.06. The van der Waals surface area contributed by atoms with Gasteiger partial charge in [0.1, 0.15) is 5.82 Å². The number of pyridine rings is 1. The summed E-state index contributed by atoms with van der Waals surface area (Å²) >= 11 is 0. The van der Waals surface area contributed by atoms with Crippen LogP contribution in [0.25, 0.3) is 11.3 Å². The van der Waals surface area contributed by atoms with Crippen molar-refractivity contribution in [3.63, 3.8) is 0 Å². The average Bonchev–Trinajstić information content (AvgIpc) is 2.69. The molecule has 0 N–H and O–H groups in total. The topological polar surface area (TPSA) is 41.9 Å². The minimum atomic E-state index is -0.253. The minimum absolute atomic E-state index is 0.253. The van der Waals surface area contributed by atoms with Gasteiger partial charge in [0.15, 0.2) is 0 Å². The van der Waals surface area contributed by atoms with Crippen molar-refractivity contribution in [2.24, 2.45) is 0 Å². The summed E-state index contributed by atoms with van der Waals surface area (Å²) in [6.07, 6.45) is 9.20. The number of hydrogen-bond donors (Lipinski definition) is 0. The first-order valence-corrected chi connectivity index (χ1v) is 8.98. The van der Waals surface area contributed by atoms with Crippen LogP contribution in [0, 0.1) is 5.82 Å². The number of benzene rings is 1. The standard InChI is InChI=1S/C21H21FN4/c22-19-8-2-1-7-18(19)21-20(24-10-11-25-21)17-6-4-12-26(15-17)14-16-5-3-9-23-13-16/h1-3,5,7-11,13,17H,4,6,12,14-15H2/t17-/m0/s1. The summed E-state index contributed by atoms with van der Waals surface area (Å²) in [4.78, 5) is 15.7. The van der Waals surface area contributed by atoms with Crippen molar-refractivity contribution in [3.05, 3.63) is 78.3 Å². The fourth-order valence-electron chi connectivity index (χ4n) is 3.68.